The summed E-state index contributed by atoms with van der Waals surface area (Å²) in [7, 11) is 0. The second kappa shape index (κ2) is 10.2. The standard InChI is InChI=1S/C23H21N3O3S2/c1-15-8-10-18(11-9-15)21(28)25-24-20(27)14-26-22(29)19(31-23(26)30)13-16(2)12-17-6-4-3-5-7-17/h3-13H,14H2,1-2H3,(H,24,27)(H,25,28). The molecule has 2 N–H and O–H groups in total. The van der Waals surface area contributed by atoms with Gasteiger partial charge in [-0.05, 0) is 43.2 Å². The number of hydrazine groups is 1. The van der Waals surface area contributed by atoms with Crippen LogP contribution in [0.25, 0.3) is 6.08 Å². The quantitative estimate of drug-likeness (QED) is 0.413. The summed E-state index contributed by atoms with van der Waals surface area (Å²) in [4.78, 5) is 38.7. The average Bonchev–Trinajstić information content (AvgIpc) is 3.00. The lowest BCUT2D eigenvalue weighted by molar-refractivity contribution is -0.129. The van der Waals surface area contributed by atoms with Crippen LogP contribution in [0.15, 0.2) is 71.2 Å². The Morgan fingerprint density at radius 1 is 1.06 bits per heavy atom. The van der Waals surface area contributed by atoms with Gasteiger partial charge in [-0.25, -0.2) is 0 Å². The van der Waals surface area contributed by atoms with E-state index in [1.807, 2.05) is 50.3 Å². The Morgan fingerprint density at radius 2 is 1.74 bits per heavy atom. The molecule has 31 heavy (non-hydrogen) atoms. The summed E-state index contributed by atoms with van der Waals surface area (Å²) in [5, 5.41) is 0. The SMILES string of the molecule is CC(=Cc1ccccc1)C=C1SC(=S)N(CC(=O)NNC(=O)c2ccc(C)cc2)C1=O. The van der Waals surface area contributed by atoms with Gasteiger partial charge in [-0.15, -0.1) is 0 Å². The van der Waals surface area contributed by atoms with Crippen LogP contribution >= 0.6 is 24.0 Å². The number of carbonyl (C=O) groups excluding carboxylic acids is 3. The van der Waals surface area contributed by atoms with Crippen molar-refractivity contribution < 1.29 is 14.4 Å². The molecule has 0 bridgehead atoms. The highest BCUT2D eigenvalue weighted by Gasteiger charge is 2.33. The molecule has 1 saturated heterocycles. The zero-order valence-corrected chi connectivity index (χ0v) is 18.7. The van der Waals surface area contributed by atoms with Crippen molar-refractivity contribution in [2.75, 3.05) is 6.54 Å². The number of carbonyl (C=O) groups is 3. The molecule has 0 atom stereocenters. The Labute approximate surface area is 190 Å². The lowest BCUT2D eigenvalue weighted by atomic mass is 10.1. The number of hydrogen-bond donors (Lipinski definition) is 2. The minimum atomic E-state index is -0.547. The highest BCUT2D eigenvalue weighted by molar-refractivity contribution is 8.26. The number of aryl methyl sites for hydroxylation is 1. The molecule has 1 aliphatic heterocycles. The number of nitrogens with one attached hydrogen (secondary N) is 2. The Balaban J connectivity index is 1.58. The number of thiocarbonyl (C=S) groups is 1. The maximum Gasteiger partial charge on any atom is 0.269 e. The molecule has 6 nitrogen and oxygen atoms in total. The molecule has 2 aromatic rings. The Bertz CT molecular complexity index is 1080. The van der Waals surface area contributed by atoms with Gasteiger partial charge in [0.25, 0.3) is 17.7 Å². The third-order valence-corrected chi connectivity index (χ3v) is 5.73. The number of amides is 3. The van der Waals surface area contributed by atoms with Gasteiger partial charge < -0.3 is 0 Å². The molecule has 1 heterocycles. The van der Waals surface area contributed by atoms with Gasteiger partial charge in [0.2, 0.25) is 0 Å². The number of benzene rings is 2. The summed E-state index contributed by atoms with van der Waals surface area (Å²) in [5.74, 6) is -1.33. The molecule has 0 unspecified atom stereocenters. The fraction of sp³-hybridized carbons (Fsp3) is 0.130. The predicted molar refractivity (Wildman–Crippen MR) is 127 cm³/mol. The zero-order chi connectivity index (χ0) is 22.4. The number of allylic oxidation sites excluding steroid dienone is 2. The van der Waals surface area contributed by atoms with Crippen LogP contribution in [0.1, 0.15) is 28.4 Å². The third kappa shape index (κ3) is 6.13. The van der Waals surface area contributed by atoms with E-state index in [4.69, 9.17) is 12.2 Å². The number of nitrogens with zero attached hydrogens (tertiary/aromatic N) is 1. The first-order chi connectivity index (χ1) is 14.8. The van der Waals surface area contributed by atoms with Crippen LogP contribution < -0.4 is 10.9 Å². The Kier molecular flexibility index (Phi) is 7.38. The van der Waals surface area contributed by atoms with Crippen LogP contribution in [0.2, 0.25) is 0 Å². The third-order valence-electron chi connectivity index (χ3n) is 4.36. The van der Waals surface area contributed by atoms with Crippen LogP contribution in [0, 0.1) is 6.92 Å². The van der Waals surface area contributed by atoms with Gasteiger partial charge in [0.1, 0.15) is 10.9 Å². The molecule has 0 spiro atoms. The van der Waals surface area contributed by atoms with E-state index >= 15 is 0 Å². The molecule has 0 aromatic heterocycles. The minimum absolute atomic E-state index is 0.280. The maximum absolute atomic E-state index is 12.7. The molecular weight excluding hydrogens is 430 g/mol. The van der Waals surface area contributed by atoms with Crippen molar-refractivity contribution in [3.8, 4) is 0 Å². The molecule has 1 fully saturated rings. The molecular formula is C23H21N3O3S2. The van der Waals surface area contributed by atoms with Gasteiger partial charge in [0.05, 0.1) is 4.91 Å². The van der Waals surface area contributed by atoms with Crippen LogP contribution in [-0.2, 0) is 9.59 Å². The summed E-state index contributed by atoms with van der Waals surface area (Å²) in [6.07, 6.45) is 3.71. The molecule has 8 heteroatoms. The van der Waals surface area contributed by atoms with E-state index in [0.717, 1.165) is 28.5 Å². The van der Waals surface area contributed by atoms with Crippen LogP contribution in [0.5, 0.6) is 0 Å². The fourth-order valence-electron chi connectivity index (χ4n) is 2.78. The van der Waals surface area contributed by atoms with E-state index in [-0.39, 0.29) is 12.5 Å². The second-order valence-corrected chi connectivity index (χ2v) is 8.61. The molecule has 158 valence electrons. The van der Waals surface area contributed by atoms with Crippen molar-refractivity contribution in [3.05, 3.63) is 87.8 Å². The van der Waals surface area contributed by atoms with Gasteiger partial charge in [-0.2, -0.15) is 0 Å². The summed E-state index contributed by atoms with van der Waals surface area (Å²) < 4.78 is 0.295. The van der Waals surface area contributed by atoms with Crippen molar-refractivity contribution in [1.82, 2.24) is 15.8 Å². The van der Waals surface area contributed by atoms with Crippen molar-refractivity contribution in [2.45, 2.75) is 13.8 Å². The molecule has 0 saturated carbocycles. The maximum atomic E-state index is 12.7. The summed E-state index contributed by atoms with van der Waals surface area (Å²) in [6.45, 7) is 3.53. The van der Waals surface area contributed by atoms with Gasteiger partial charge in [-0.3, -0.25) is 30.1 Å². The van der Waals surface area contributed by atoms with Crippen LogP contribution in [0.3, 0.4) is 0 Å². The highest BCUT2D eigenvalue weighted by atomic mass is 32.2. The number of hydrogen-bond acceptors (Lipinski definition) is 5. The topological polar surface area (TPSA) is 78.5 Å². The van der Waals surface area contributed by atoms with E-state index in [1.165, 1.54) is 4.90 Å². The molecule has 1 aliphatic rings. The average molecular weight is 452 g/mol. The van der Waals surface area contributed by atoms with E-state index in [0.29, 0.717) is 14.8 Å². The largest absolute Gasteiger partial charge is 0.283 e. The minimum Gasteiger partial charge on any atom is -0.283 e. The smallest absolute Gasteiger partial charge is 0.269 e. The highest BCUT2D eigenvalue weighted by Crippen LogP contribution is 2.31. The Hall–Kier alpha value is -3.23. The van der Waals surface area contributed by atoms with E-state index in [1.54, 1.807) is 30.3 Å². The number of thioether (sulfide) groups is 1. The monoisotopic (exact) mass is 451 g/mol. The van der Waals surface area contributed by atoms with E-state index < -0.39 is 11.8 Å². The van der Waals surface area contributed by atoms with Crippen molar-refractivity contribution in [3.63, 3.8) is 0 Å². The van der Waals surface area contributed by atoms with E-state index in [9.17, 15) is 14.4 Å². The summed E-state index contributed by atoms with van der Waals surface area (Å²) >= 11 is 6.41. The van der Waals surface area contributed by atoms with Crippen molar-refractivity contribution in [2.24, 2.45) is 0 Å². The lowest BCUT2D eigenvalue weighted by Gasteiger charge is -2.14. The number of rotatable bonds is 5. The predicted octanol–water partition coefficient (Wildman–Crippen LogP) is 3.60. The van der Waals surface area contributed by atoms with Crippen molar-refractivity contribution in [1.29, 1.82) is 0 Å². The van der Waals surface area contributed by atoms with E-state index in [2.05, 4.69) is 10.9 Å². The zero-order valence-electron chi connectivity index (χ0n) is 17.0. The molecule has 0 aliphatic carbocycles. The van der Waals surface area contributed by atoms with Gasteiger partial charge in [0.15, 0.2) is 0 Å². The first kappa shape index (κ1) is 22.5. The lowest BCUT2D eigenvalue weighted by Crippen LogP contribution is -2.47. The molecule has 2 aromatic carbocycles. The van der Waals surface area contributed by atoms with Crippen molar-refractivity contribution >= 4 is 52.1 Å². The second-order valence-electron chi connectivity index (χ2n) is 6.94. The summed E-state index contributed by atoms with van der Waals surface area (Å²) in [6, 6.07) is 16.7. The van der Waals surface area contributed by atoms with Gasteiger partial charge >= 0.3 is 0 Å². The first-order valence-electron chi connectivity index (χ1n) is 9.48. The fourth-order valence-corrected chi connectivity index (χ4v) is 4.09. The molecule has 0 radical (unpaired) electrons. The Morgan fingerprint density at radius 3 is 2.42 bits per heavy atom. The van der Waals surface area contributed by atoms with Crippen LogP contribution in [-0.4, -0.2) is 33.5 Å². The van der Waals surface area contributed by atoms with Gasteiger partial charge in [0, 0.05) is 5.56 Å². The summed E-state index contributed by atoms with van der Waals surface area (Å²) in [5.41, 5.74) is 8.02. The molecule has 3 rings (SSSR count). The van der Waals surface area contributed by atoms with Crippen LogP contribution in [0.4, 0.5) is 0 Å². The molecule has 3 amide bonds. The normalized spacial score (nSPS) is 15.4. The van der Waals surface area contributed by atoms with Gasteiger partial charge in [-0.1, -0.05) is 78.1 Å². The first-order valence-corrected chi connectivity index (χ1v) is 10.7.